The number of rotatable bonds is 8. The Morgan fingerprint density at radius 1 is 1.33 bits per heavy atom. The molecule has 0 atom stereocenters. The van der Waals surface area contributed by atoms with Gasteiger partial charge in [-0.2, -0.15) is 11.8 Å². The van der Waals surface area contributed by atoms with Crippen LogP contribution in [0.25, 0.3) is 9.53 Å². The Balaban J connectivity index is 2.03. The molecule has 0 spiro atoms. The lowest BCUT2D eigenvalue weighted by atomic mass is 10.5. The number of thiazole rings is 1. The monoisotopic (exact) mass is 344 g/mol. The summed E-state index contributed by atoms with van der Waals surface area (Å²) in [5.74, 6) is 1.67. The van der Waals surface area contributed by atoms with Crippen molar-refractivity contribution in [3.63, 3.8) is 0 Å². The van der Waals surface area contributed by atoms with Crippen LogP contribution in [0.2, 0.25) is 0 Å². The Bertz CT molecular complexity index is 559. The molecule has 7 heteroatoms. The van der Waals surface area contributed by atoms with Gasteiger partial charge in [0.1, 0.15) is 16.3 Å². The van der Waals surface area contributed by atoms with Crippen molar-refractivity contribution >= 4 is 55.1 Å². The summed E-state index contributed by atoms with van der Waals surface area (Å²) in [5.41, 5.74) is 0. The van der Waals surface area contributed by atoms with Crippen molar-refractivity contribution in [3.05, 3.63) is 10.9 Å². The van der Waals surface area contributed by atoms with E-state index in [-0.39, 0.29) is 5.97 Å². The summed E-state index contributed by atoms with van der Waals surface area (Å²) in [6, 6.07) is 1.90. The molecule has 0 aliphatic heterocycles. The van der Waals surface area contributed by atoms with Crippen LogP contribution in [-0.2, 0) is 4.74 Å². The second kappa shape index (κ2) is 8.00. The molecule has 2 aromatic rings. The van der Waals surface area contributed by atoms with E-state index in [9.17, 15) is 4.79 Å². The topological polar surface area (TPSA) is 42.4 Å². The summed E-state index contributed by atoms with van der Waals surface area (Å²) in [7, 11) is 0. The highest BCUT2D eigenvalue weighted by atomic mass is 32.2. The molecule has 0 fully saturated rings. The van der Waals surface area contributed by atoms with Crippen molar-refractivity contribution in [3.8, 4) is 0 Å². The van der Waals surface area contributed by atoms with E-state index in [4.69, 9.17) is 4.74 Å². The third kappa shape index (κ3) is 4.11. The fourth-order valence-electron chi connectivity index (χ4n) is 1.86. The molecule has 0 N–H and O–H groups in total. The molecule has 2 rings (SSSR count). The van der Waals surface area contributed by atoms with Gasteiger partial charge < -0.3 is 9.64 Å². The summed E-state index contributed by atoms with van der Waals surface area (Å²) >= 11 is 4.83. The molecule has 4 nitrogen and oxygen atoms in total. The first kappa shape index (κ1) is 16.6. The molecule has 0 radical (unpaired) electrons. The quantitative estimate of drug-likeness (QED) is 0.532. The van der Waals surface area contributed by atoms with Gasteiger partial charge in [-0.05, 0) is 25.7 Å². The van der Waals surface area contributed by atoms with Gasteiger partial charge in [-0.15, -0.1) is 11.3 Å². The fraction of sp³-hybridized carbons (Fsp3) is 0.571. The molecule has 0 amide bonds. The van der Waals surface area contributed by atoms with E-state index < -0.39 is 0 Å². The minimum atomic E-state index is -0.230. The standard InChI is InChI=1S/C14H20N2O2S3/c1-4-16(5-2)14-15-12-10(21-14)9-11(20-12)13(17)18-7-8-19-6-3/h9H,4-8H2,1-3H3. The highest BCUT2D eigenvalue weighted by Crippen LogP contribution is 2.34. The molecule has 0 saturated heterocycles. The normalized spacial score (nSPS) is 11.0. The Hall–Kier alpha value is -0.790. The Morgan fingerprint density at radius 3 is 2.71 bits per heavy atom. The van der Waals surface area contributed by atoms with Crippen LogP contribution in [0, 0.1) is 0 Å². The lowest BCUT2D eigenvalue weighted by molar-refractivity contribution is 0.0536. The maximum absolute atomic E-state index is 12.0. The Kier molecular flexibility index (Phi) is 6.32. The molecule has 21 heavy (non-hydrogen) atoms. The fourth-order valence-corrected chi connectivity index (χ4v) is 4.58. The van der Waals surface area contributed by atoms with Gasteiger partial charge in [0.2, 0.25) is 0 Å². The first-order valence-corrected chi connectivity index (χ1v) is 9.88. The number of aromatic nitrogens is 1. The Morgan fingerprint density at radius 2 is 2.10 bits per heavy atom. The molecule has 2 aromatic heterocycles. The number of ether oxygens (including phenoxy) is 1. The second-order valence-corrected chi connectivity index (χ2v) is 7.72. The predicted octanol–water partition coefficient (Wildman–Crippen LogP) is 4.11. The molecular weight excluding hydrogens is 324 g/mol. The highest BCUT2D eigenvalue weighted by Gasteiger charge is 2.16. The molecule has 0 unspecified atom stereocenters. The zero-order valence-electron chi connectivity index (χ0n) is 12.5. The minimum Gasteiger partial charge on any atom is -0.461 e. The summed E-state index contributed by atoms with van der Waals surface area (Å²) < 4.78 is 6.33. The van der Waals surface area contributed by atoms with Gasteiger partial charge in [0.15, 0.2) is 5.13 Å². The van der Waals surface area contributed by atoms with Crippen LogP contribution in [0.5, 0.6) is 0 Å². The number of anilines is 1. The maximum atomic E-state index is 12.0. The van der Waals surface area contributed by atoms with Crippen LogP contribution < -0.4 is 4.90 Å². The molecular formula is C14H20N2O2S3. The molecule has 0 aliphatic rings. The number of nitrogens with zero attached hydrogens (tertiary/aromatic N) is 2. The average Bonchev–Trinajstić information content (AvgIpc) is 3.03. The lowest BCUT2D eigenvalue weighted by Crippen LogP contribution is -2.21. The van der Waals surface area contributed by atoms with Crippen molar-refractivity contribution in [2.45, 2.75) is 20.8 Å². The van der Waals surface area contributed by atoms with Gasteiger partial charge >= 0.3 is 5.97 Å². The highest BCUT2D eigenvalue weighted by molar-refractivity contribution is 7.99. The third-order valence-corrected chi connectivity index (χ3v) is 6.04. The number of hydrogen-bond donors (Lipinski definition) is 0. The van der Waals surface area contributed by atoms with Gasteiger partial charge in [-0.3, -0.25) is 0 Å². The number of hydrogen-bond acceptors (Lipinski definition) is 7. The maximum Gasteiger partial charge on any atom is 0.348 e. The lowest BCUT2D eigenvalue weighted by Gasteiger charge is -2.16. The number of carbonyl (C=O) groups excluding carboxylic acids is 1. The van der Waals surface area contributed by atoms with Crippen LogP contribution >= 0.6 is 34.4 Å². The predicted molar refractivity (Wildman–Crippen MR) is 94.3 cm³/mol. The van der Waals surface area contributed by atoms with E-state index in [2.05, 4.69) is 30.7 Å². The van der Waals surface area contributed by atoms with Crippen molar-refractivity contribution < 1.29 is 9.53 Å². The number of carbonyl (C=O) groups is 1. The summed E-state index contributed by atoms with van der Waals surface area (Å²) in [6.45, 7) is 8.70. The number of thioether (sulfide) groups is 1. The van der Waals surface area contributed by atoms with Crippen molar-refractivity contribution in [1.82, 2.24) is 4.98 Å². The van der Waals surface area contributed by atoms with E-state index in [1.807, 2.05) is 6.07 Å². The smallest absolute Gasteiger partial charge is 0.348 e. The molecule has 116 valence electrons. The third-order valence-electron chi connectivity index (χ3n) is 2.98. The Labute approximate surface area is 137 Å². The van der Waals surface area contributed by atoms with E-state index >= 15 is 0 Å². The molecule has 0 saturated carbocycles. The minimum absolute atomic E-state index is 0.230. The van der Waals surface area contributed by atoms with Gasteiger partial charge in [0.05, 0.1) is 4.70 Å². The van der Waals surface area contributed by atoms with Crippen molar-refractivity contribution in [2.24, 2.45) is 0 Å². The number of fused-ring (bicyclic) bond motifs is 1. The average molecular weight is 345 g/mol. The first-order valence-electron chi connectivity index (χ1n) is 7.09. The second-order valence-electron chi connectivity index (χ2n) is 4.28. The molecule has 0 aliphatic carbocycles. The zero-order valence-corrected chi connectivity index (χ0v) is 15.0. The molecule has 0 aromatic carbocycles. The van der Waals surface area contributed by atoms with Crippen LogP contribution in [-0.4, -0.2) is 42.2 Å². The van der Waals surface area contributed by atoms with E-state index in [1.54, 1.807) is 23.1 Å². The van der Waals surface area contributed by atoms with Gasteiger partial charge in [0, 0.05) is 18.8 Å². The van der Waals surface area contributed by atoms with Crippen LogP contribution in [0.15, 0.2) is 6.07 Å². The number of thiophene rings is 1. The van der Waals surface area contributed by atoms with Gasteiger partial charge in [0.25, 0.3) is 0 Å². The van der Waals surface area contributed by atoms with Gasteiger partial charge in [-0.1, -0.05) is 18.3 Å². The summed E-state index contributed by atoms with van der Waals surface area (Å²) in [4.78, 5) is 20.4. The largest absolute Gasteiger partial charge is 0.461 e. The van der Waals surface area contributed by atoms with E-state index in [1.165, 1.54) is 11.3 Å². The van der Waals surface area contributed by atoms with Crippen LogP contribution in [0.4, 0.5) is 5.13 Å². The van der Waals surface area contributed by atoms with Crippen LogP contribution in [0.3, 0.4) is 0 Å². The summed E-state index contributed by atoms with van der Waals surface area (Å²) in [6.07, 6.45) is 0. The summed E-state index contributed by atoms with van der Waals surface area (Å²) in [5, 5.41) is 1.03. The van der Waals surface area contributed by atoms with E-state index in [0.717, 1.165) is 39.3 Å². The van der Waals surface area contributed by atoms with Gasteiger partial charge in [-0.25, -0.2) is 9.78 Å². The van der Waals surface area contributed by atoms with E-state index in [0.29, 0.717) is 11.5 Å². The van der Waals surface area contributed by atoms with Crippen molar-refractivity contribution in [1.29, 1.82) is 0 Å². The molecule has 0 bridgehead atoms. The first-order chi connectivity index (χ1) is 10.2. The molecule has 2 heterocycles. The SMILES string of the molecule is CCSCCOC(=O)c1cc2sc(N(CC)CC)nc2s1. The van der Waals surface area contributed by atoms with Crippen LogP contribution in [0.1, 0.15) is 30.4 Å². The zero-order chi connectivity index (χ0) is 15.2. The van der Waals surface area contributed by atoms with Crippen molar-refractivity contribution in [2.75, 3.05) is 36.1 Å². The number of esters is 1.